The van der Waals surface area contributed by atoms with E-state index in [2.05, 4.69) is 41.1 Å². The van der Waals surface area contributed by atoms with Gasteiger partial charge in [0.05, 0.1) is 7.11 Å². The van der Waals surface area contributed by atoms with Crippen LogP contribution in [0.4, 0.5) is 4.39 Å². The predicted octanol–water partition coefficient (Wildman–Crippen LogP) is 4.82. The third-order valence-electron chi connectivity index (χ3n) is 5.06. The Labute approximate surface area is 165 Å². The number of halogens is 1. The van der Waals surface area contributed by atoms with Gasteiger partial charge in [0.25, 0.3) is 0 Å². The summed E-state index contributed by atoms with van der Waals surface area (Å²) in [6, 6.07) is 13.4. The average molecular weight is 383 g/mol. The molecule has 3 aromatic rings. The maximum absolute atomic E-state index is 13.7. The lowest BCUT2D eigenvalue weighted by Gasteiger charge is -2.25. The van der Waals surface area contributed by atoms with E-state index in [1.807, 2.05) is 12.1 Å². The van der Waals surface area contributed by atoms with Crippen LogP contribution in [0.1, 0.15) is 36.4 Å². The SMILES string of the molecule is COc1ccc(C(C)N(C)CCCc2nc(-c3ccc(C)c(F)c3)no2)cc1. The maximum atomic E-state index is 13.7. The topological polar surface area (TPSA) is 51.4 Å². The van der Waals surface area contributed by atoms with Crippen molar-refractivity contribution in [2.75, 3.05) is 20.7 Å². The van der Waals surface area contributed by atoms with E-state index in [1.165, 1.54) is 11.6 Å². The highest BCUT2D eigenvalue weighted by molar-refractivity contribution is 5.54. The molecular weight excluding hydrogens is 357 g/mol. The van der Waals surface area contributed by atoms with Gasteiger partial charge in [0.2, 0.25) is 11.7 Å². The van der Waals surface area contributed by atoms with E-state index < -0.39 is 0 Å². The summed E-state index contributed by atoms with van der Waals surface area (Å²) in [5, 5.41) is 3.98. The van der Waals surface area contributed by atoms with Crippen molar-refractivity contribution in [3.63, 3.8) is 0 Å². The number of benzene rings is 2. The molecule has 0 aliphatic heterocycles. The van der Waals surface area contributed by atoms with E-state index in [4.69, 9.17) is 9.26 Å². The van der Waals surface area contributed by atoms with Gasteiger partial charge in [0, 0.05) is 18.0 Å². The number of aryl methyl sites for hydroxylation is 2. The molecule has 1 heterocycles. The van der Waals surface area contributed by atoms with Crippen LogP contribution in [0.15, 0.2) is 47.0 Å². The molecule has 0 aliphatic rings. The molecule has 1 atom stereocenters. The molecule has 148 valence electrons. The lowest BCUT2D eigenvalue weighted by Crippen LogP contribution is -2.23. The van der Waals surface area contributed by atoms with Crippen molar-refractivity contribution in [3.8, 4) is 17.1 Å². The summed E-state index contributed by atoms with van der Waals surface area (Å²) in [5.74, 6) is 1.59. The third-order valence-corrected chi connectivity index (χ3v) is 5.06. The standard InChI is InChI=1S/C22H26FN3O2/c1-15-7-8-18(14-20(15)23)22-24-21(28-25-22)6-5-13-26(3)16(2)17-9-11-19(27-4)12-10-17/h7-12,14,16H,5-6,13H2,1-4H3. The maximum Gasteiger partial charge on any atom is 0.227 e. The second-order valence-electron chi connectivity index (χ2n) is 7.01. The first-order chi connectivity index (χ1) is 13.5. The minimum absolute atomic E-state index is 0.266. The average Bonchev–Trinajstić information content (AvgIpc) is 3.18. The van der Waals surface area contributed by atoms with Crippen LogP contribution in [0.5, 0.6) is 5.75 Å². The molecule has 0 radical (unpaired) electrons. The minimum atomic E-state index is -0.266. The Kier molecular flexibility index (Phi) is 6.41. The van der Waals surface area contributed by atoms with Gasteiger partial charge in [-0.05, 0) is 63.2 Å². The van der Waals surface area contributed by atoms with Crippen LogP contribution in [-0.2, 0) is 6.42 Å². The number of hydrogen-bond donors (Lipinski definition) is 0. The minimum Gasteiger partial charge on any atom is -0.497 e. The Hall–Kier alpha value is -2.73. The fraction of sp³-hybridized carbons (Fsp3) is 0.364. The molecule has 3 rings (SSSR count). The zero-order valence-electron chi connectivity index (χ0n) is 16.8. The highest BCUT2D eigenvalue weighted by Crippen LogP contribution is 2.22. The van der Waals surface area contributed by atoms with E-state index >= 15 is 0 Å². The molecule has 5 nitrogen and oxygen atoms in total. The molecule has 28 heavy (non-hydrogen) atoms. The van der Waals surface area contributed by atoms with Crippen molar-refractivity contribution in [3.05, 3.63) is 65.3 Å². The molecule has 0 aliphatic carbocycles. The van der Waals surface area contributed by atoms with Gasteiger partial charge in [-0.15, -0.1) is 0 Å². The van der Waals surface area contributed by atoms with Crippen molar-refractivity contribution in [1.82, 2.24) is 15.0 Å². The van der Waals surface area contributed by atoms with Crippen molar-refractivity contribution >= 4 is 0 Å². The van der Waals surface area contributed by atoms with Crippen molar-refractivity contribution in [2.45, 2.75) is 32.7 Å². The molecule has 0 bridgehead atoms. The molecule has 0 saturated heterocycles. The van der Waals surface area contributed by atoms with Crippen molar-refractivity contribution < 1.29 is 13.7 Å². The van der Waals surface area contributed by atoms with Crippen LogP contribution in [0.3, 0.4) is 0 Å². The normalized spacial score (nSPS) is 12.4. The van der Waals surface area contributed by atoms with Crippen molar-refractivity contribution in [1.29, 1.82) is 0 Å². The second-order valence-corrected chi connectivity index (χ2v) is 7.01. The van der Waals surface area contributed by atoms with Gasteiger partial charge in [0.15, 0.2) is 0 Å². The van der Waals surface area contributed by atoms with Crippen LogP contribution in [0.2, 0.25) is 0 Å². The summed E-state index contributed by atoms with van der Waals surface area (Å²) in [4.78, 5) is 6.68. The Morgan fingerprint density at radius 3 is 2.61 bits per heavy atom. The zero-order valence-corrected chi connectivity index (χ0v) is 16.8. The van der Waals surface area contributed by atoms with E-state index in [1.54, 1.807) is 26.2 Å². The van der Waals surface area contributed by atoms with E-state index in [0.29, 0.717) is 35.3 Å². The first kappa shape index (κ1) is 20.0. The number of nitrogens with zero attached hydrogens (tertiary/aromatic N) is 3. The third kappa shape index (κ3) is 4.75. The second kappa shape index (κ2) is 8.97. The van der Waals surface area contributed by atoms with Crippen molar-refractivity contribution in [2.24, 2.45) is 0 Å². The van der Waals surface area contributed by atoms with Gasteiger partial charge < -0.3 is 9.26 Å². The van der Waals surface area contributed by atoms with Gasteiger partial charge in [-0.3, -0.25) is 4.90 Å². The molecule has 2 aromatic carbocycles. The summed E-state index contributed by atoms with van der Waals surface area (Å²) < 4.78 is 24.3. The van der Waals surface area contributed by atoms with E-state index in [9.17, 15) is 4.39 Å². The highest BCUT2D eigenvalue weighted by Gasteiger charge is 2.14. The summed E-state index contributed by atoms with van der Waals surface area (Å²) in [7, 11) is 3.77. The van der Waals surface area contributed by atoms with Gasteiger partial charge >= 0.3 is 0 Å². The fourth-order valence-electron chi connectivity index (χ4n) is 3.02. The number of ether oxygens (including phenoxy) is 1. The van der Waals surface area contributed by atoms with E-state index in [-0.39, 0.29) is 5.82 Å². The first-order valence-corrected chi connectivity index (χ1v) is 9.41. The van der Waals surface area contributed by atoms with Crippen LogP contribution in [0, 0.1) is 12.7 Å². The largest absolute Gasteiger partial charge is 0.497 e. The molecular formula is C22H26FN3O2. The fourth-order valence-corrected chi connectivity index (χ4v) is 3.02. The predicted molar refractivity (Wildman–Crippen MR) is 107 cm³/mol. The van der Waals surface area contributed by atoms with Gasteiger partial charge in [0.1, 0.15) is 11.6 Å². The smallest absolute Gasteiger partial charge is 0.227 e. The number of methoxy groups -OCH3 is 1. The Bertz CT molecular complexity index is 908. The Balaban J connectivity index is 1.53. The molecule has 1 unspecified atom stereocenters. The first-order valence-electron chi connectivity index (χ1n) is 9.41. The quantitative estimate of drug-likeness (QED) is 0.558. The van der Waals surface area contributed by atoms with Crippen LogP contribution in [0.25, 0.3) is 11.4 Å². The van der Waals surface area contributed by atoms with Gasteiger partial charge in [-0.1, -0.05) is 29.4 Å². The summed E-state index contributed by atoms with van der Waals surface area (Å²) in [5.41, 5.74) is 2.47. The highest BCUT2D eigenvalue weighted by atomic mass is 19.1. The summed E-state index contributed by atoms with van der Waals surface area (Å²) in [6.45, 7) is 4.80. The lowest BCUT2D eigenvalue weighted by atomic mass is 10.1. The van der Waals surface area contributed by atoms with E-state index in [0.717, 1.165) is 18.7 Å². The molecule has 0 spiro atoms. The molecule has 0 saturated carbocycles. The van der Waals surface area contributed by atoms with Crippen LogP contribution >= 0.6 is 0 Å². The summed E-state index contributed by atoms with van der Waals surface area (Å²) >= 11 is 0. The summed E-state index contributed by atoms with van der Waals surface area (Å²) in [6.07, 6.45) is 1.57. The number of aromatic nitrogens is 2. The Morgan fingerprint density at radius 1 is 1.18 bits per heavy atom. The lowest BCUT2D eigenvalue weighted by molar-refractivity contribution is 0.253. The molecule has 0 N–H and O–H groups in total. The zero-order chi connectivity index (χ0) is 20.1. The molecule has 6 heteroatoms. The Morgan fingerprint density at radius 2 is 1.93 bits per heavy atom. The van der Waals surface area contributed by atoms with Gasteiger partial charge in [-0.2, -0.15) is 4.98 Å². The number of hydrogen-bond acceptors (Lipinski definition) is 5. The molecule has 0 fully saturated rings. The van der Waals surface area contributed by atoms with Crippen LogP contribution < -0.4 is 4.74 Å². The number of rotatable bonds is 8. The molecule has 1 aromatic heterocycles. The molecule has 0 amide bonds. The monoisotopic (exact) mass is 383 g/mol. The van der Waals surface area contributed by atoms with Crippen LogP contribution in [-0.4, -0.2) is 35.7 Å². The van der Waals surface area contributed by atoms with Gasteiger partial charge in [-0.25, -0.2) is 4.39 Å².